The highest BCUT2D eigenvalue weighted by molar-refractivity contribution is 7.13. The van der Waals surface area contributed by atoms with Crippen LogP contribution in [0.15, 0.2) is 35.2 Å². The molecular formula is C17H15ClN2O2S. The first-order chi connectivity index (χ1) is 11.1. The zero-order chi connectivity index (χ0) is 16.7. The minimum Gasteiger partial charge on any atom is -0.462 e. The van der Waals surface area contributed by atoms with Crippen LogP contribution in [-0.2, 0) is 9.53 Å². The average Bonchev–Trinajstić information content (AvgIpc) is 3.02. The van der Waals surface area contributed by atoms with Gasteiger partial charge in [-0.15, -0.1) is 11.3 Å². The van der Waals surface area contributed by atoms with E-state index in [-0.39, 0.29) is 5.57 Å². The summed E-state index contributed by atoms with van der Waals surface area (Å²) in [5.74, 6) is -0.609. The molecule has 0 aliphatic heterocycles. The second-order valence-corrected chi connectivity index (χ2v) is 6.04. The lowest BCUT2D eigenvalue weighted by molar-refractivity contribution is -0.138. The maximum atomic E-state index is 11.8. The number of carbonyl (C=O) groups is 1. The van der Waals surface area contributed by atoms with Gasteiger partial charge in [-0.05, 0) is 24.6 Å². The molecule has 1 heterocycles. The zero-order valence-electron chi connectivity index (χ0n) is 12.6. The Morgan fingerprint density at radius 3 is 2.83 bits per heavy atom. The molecule has 0 bridgehead atoms. The van der Waals surface area contributed by atoms with E-state index in [0.29, 0.717) is 17.3 Å². The smallest absolute Gasteiger partial charge is 0.348 e. The van der Waals surface area contributed by atoms with E-state index in [1.807, 2.05) is 25.1 Å². The lowest BCUT2D eigenvalue weighted by atomic mass is 10.2. The molecule has 0 amide bonds. The summed E-state index contributed by atoms with van der Waals surface area (Å²) in [4.78, 5) is 16.2. The molecule has 0 atom stereocenters. The summed E-state index contributed by atoms with van der Waals surface area (Å²) < 4.78 is 5.04. The molecule has 0 unspecified atom stereocenters. The molecule has 1 aromatic heterocycles. The van der Waals surface area contributed by atoms with Crippen LogP contribution in [0.25, 0.3) is 16.6 Å². The number of nitriles is 1. The van der Waals surface area contributed by atoms with Crippen molar-refractivity contribution in [3.63, 3.8) is 0 Å². The molecule has 4 nitrogen and oxygen atoms in total. The van der Waals surface area contributed by atoms with Gasteiger partial charge in [0.15, 0.2) is 0 Å². The highest BCUT2D eigenvalue weighted by atomic mass is 35.5. The van der Waals surface area contributed by atoms with Gasteiger partial charge in [0.25, 0.3) is 0 Å². The van der Waals surface area contributed by atoms with Crippen molar-refractivity contribution in [3.8, 4) is 16.6 Å². The highest BCUT2D eigenvalue weighted by Gasteiger charge is 2.12. The van der Waals surface area contributed by atoms with Crippen molar-refractivity contribution in [1.82, 2.24) is 4.98 Å². The monoisotopic (exact) mass is 346 g/mol. The second-order valence-electron chi connectivity index (χ2n) is 4.74. The molecule has 118 valence electrons. The fourth-order valence-electron chi connectivity index (χ4n) is 1.75. The minimum atomic E-state index is -0.609. The molecule has 0 aliphatic rings. The van der Waals surface area contributed by atoms with Gasteiger partial charge in [-0.3, -0.25) is 0 Å². The predicted molar refractivity (Wildman–Crippen MR) is 92.0 cm³/mol. The summed E-state index contributed by atoms with van der Waals surface area (Å²) >= 11 is 7.30. The van der Waals surface area contributed by atoms with Crippen LogP contribution in [0.2, 0.25) is 5.02 Å². The summed E-state index contributed by atoms with van der Waals surface area (Å²) in [6, 6.07) is 9.20. The van der Waals surface area contributed by atoms with Gasteiger partial charge in [-0.25, -0.2) is 9.78 Å². The number of rotatable bonds is 6. The van der Waals surface area contributed by atoms with E-state index in [4.69, 9.17) is 21.6 Å². The minimum absolute atomic E-state index is 0.0472. The van der Waals surface area contributed by atoms with Crippen molar-refractivity contribution >= 4 is 35.0 Å². The van der Waals surface area contributed by atoms with Crippen molar-refractivity contribution in [3.05, 3.63) is 45.9 Å². The molecule has 2 aromatic rings. The first-order valence-corrected chi connectivity index (χ1v) is 8.40. The van der Waals surface area contributed by atoms with Crippen LogP contribution < -0.4 is 0 Å². The van der Waals surface area contributed by atoms with E-state index in [2.05, 4.69) is 4.98 Å². The lowest BCUT2D eigenvalue weighted by Gasteiger charge is -2.01. The fraction of sp³-hybridized carbons (Fsp3) is 0.235. The summed E-state index contributed by atoms with van der Waals surface area (Å²) in [5, 5.41) is 12.4. The van der Waals surface area contributed by atoms with Gasteiger partial charge in [0, 0.05) is 16.0 Å². The quantitative estimate of drug-likeness (QED) is 0.329. The number of hydrogen-bond donors (Lipinski definition) is 0. The Morgan fingerprint density at radius 1 is 1.43 bits per heavy atom. The molecule has 6 heteroatoms. The molecule has 0 N–H and O–H groups in total. The Kier molecular flexibility index (Phi) is 6.33. The summed E-state index contributed by atoms with van der Waals surface area (Å²) in [7, 11) is 0. The number of ether oxygens (including phenoxy) is 1. The molecule has 0 saturated heterocycles. The normalized spacial score (nSPS) is 11.1. The SMILES string of the molecule is CCCCOC(=O)/C(C#N)=C/c1csc(-c2ccc(Cl)cc2)n1. The predicted octanol–water partition coefficient (Wildman–Crippen LogP) is 4.71. The van der Waals surface area contributed by atoms with Gasteiger partial charge < -0.3 is 4.74 Å². The van der Waals surface area contributed by atoms with E-state index >= 15 is 0 Å². The van der Waals surface area contributed by atoms with Gasteiger partial charge in [-0.1, -0.05) is 37.1 Å². The van der Waals surface area contributed by atoms with Crippen LogP contribution >= 0.6 is 22.9 Å². The van der Waals surface area contributed by atoms with Crippen molar-refractivity contribution in [1.29, 1.82) is 5.26 Å². The Bertz CT molecular complexity index is 745. The van der Waals surface area contributed by atoms with Gasteiger partial charge in [0.05, 0.1) is 12.3 Å². The van der Waals surface area contributed by atoms with Crippen LogP contribution in [0.1, 0.15) is 25.5 Å². The van der Waals surface area contributed by atoms with Gasteiger partial charge in [0.1, 0.15) is 16.6 Å². The van der Waals surface area contributed by atoms with E-state index in [1.165, 1.54) is 17.4 Å². The van der Waals surface area contributed by atoms with Crippen LogP contribution in [0.4, 0.5) is 0 Å². The summed E-state index contributed by atoms with van der Waals surface area (Å²) in [6.07, 6.45) is 3.15. The van der Waals surface area contributed by atoms with E-state index < -0.39 is 5.97 Å². The number of unbranched alkanes of at least 4 members (excludes halogenated alkanes) is 1. The summed E-state index contributed by atoms with van der Waals surface area (Å²) in [6.45, 7) is 2.32. The molecule has 0 aliphatic carbocycles. The van der Waals surface area contributed by atoms with Crippen molar-refractivity contribution in [2.24, 2.45) is 0 Å². The van der Waals surface area contributed by atoms with E-state index in [9.17, 15) is 4.79 Å². The number of nitrogens with zero attached hydrogens (tertiary/aromatic N) is 2. The van der Waals surface area contributed by atoms with Crippen LogP contribution in [0.3, 0.4) is 0 Å². The standard InChI is InChI=1S/C17H15ClN2O2S/c1-2-3-8-22-17(21)13(10-19)9-15-11-23-16(20-15)12-4-6-14(18)7-5-12/h4-7,9,11H,2-3,8H2,1H3/b13-9+. The van der Waals surface area contributed by atoms with Gasteiger partial charge >= 0.3 is 5.97 Å². The van der Waals surface area contributed by atoms with E-state index in [0.717, 1.165) is 23.4 Å². The molecule has 23 heavy (non-hydrogen) atoms. The molecule has 0 fully saturated rings. The number of hydrogen-bond acceptors (Lipinski definition) is 5. The van der Waals surface area contributed by atoms with Crippen molar-refractivity contribution in [2.75, 3.05) is 6.61 Å². The Balaban J connectivity index is 2.13. The third kappa shape index (κ3) is 4.92. The number of carbonyl (C=O) groups excluding carboxylic acids is 1. The number of halogens is 1. The molecule has 0 radical (unpaired) electrons. The number of aromatic nitrogens is 1. The number of esters is 1. The molecular weight excluding hydrogens is 332 g/mol. The largest absolute Gasteiger partial charge is 0.462 e. The molecule has 2 rings (SSSR count). The van der Waals surface area contributed by atoms with Gasteiger partial charge in [0.2, 0.25) is 0 Å². The van der Waals surface area contributed by atoms with Crippen molar-refractivity contribution < 1.29 is 9.53 Å². The Hall–Kier alpha value is -2.16. The van der Waals surface area contributed by atoms with Crippen LogP contribution in [0, 0.1) is 11.3 Å². The molecule has 0 spiro atoms. The number of benzene rings is 1. The lowest BCUT2D eigenvalue weighted by Crippen LogP contribution is -2.07. The zero-order valence-corrected chi connectivity index (χ0v) is 14.2. The summed E-state index contributed by atoms with van der Waals surface area (Å²) in [5.41, 5.74) is 1.45. The highest BCUT2D eigenvalue weighted by Crippen LogP contribution is 2.26. The third-order valence-electron chi connectivity index (χ3n) is 2.98. The maximum Gasteiger partial charge on any atom is 0.348 e. The molecule has 1 aromatic carbocycles. The van der Waals surface area contributed by atoms with Crippen LogP contribution in [0.5, 0.6) is 0 Å². The maximum absolute atomic E-state index is 11.8. The fourth-order valence-corrected chi connectivity index (χ4v) is 2.66. The first kappa shape index (κ1) is 17.2. The topological polar surface area (TPSA) is 63.0 Å². The average molecular weight is 347 g/mol. The molecule has 0 saturated carbocycles. The van der Waals surface area contributed by atoms with Crippen LogP contribution in [-0.4, -0.2) is 17.6 Å². The number of thiazole rings is 1. The third-order valence-corrected chi connectivity index (χ3v) is 4.14. The van der Waals surface area contributed by atoms with Crippen molar-refractivity contribution in [2.45, 2.75) is 19.8 Å². The second kappa shape index (κ2) is 8.47. The first-order valence-electron chi connectivity index (χ1n) is 7.14. The Labute approximate surface area is 144 Å². The Morgan fingerprint density at radius 2 is 2.17 bits per heavy atom. The van der Waals surface area contributed by atoms with E-state index in [1.54, 1.807) is 17.5 Å². The van der Waals surface area contributed by atoms with Gasteiger partial charge in [-0.2, -0.15) is 5.26 Å².